The van der Waals surface area contributed by atoms with Crippen LogP contribution < -0.4 is 10.1 Å². The zero-order valence-electron chi connectivity index (χ0n) is 13.7. The van der Waals surface area contributed by atoms with E-state index in [1.807, 2.05) is 0 Å². The molecule has 0 atom stereocenters. The number of amides is 1. The number of nitrogens with one attached hydrogen (secondary N) is 1. The standard InChI is InChI=1S/C17H23N3O4/c1-2-12-24-16-13-14(20(22)23)6-7-15(16)18-17(21)8-11-19-9-4-3-5-10-19/h2,6-7,13H,1,3-5,8-12H2,(H,18,21). The molecular formula is C17H23N3O4. The first-order chi connectivity index (χ1) is 11.6. The van der Waals surface area contributed by atoms with Crippen LogP contribution in [0.4, 0.5) is 11.4 Å². The lowest BCUT2D eigenvalue weighted by Gasteiger charge is -2.26. The van der Waals surface area contributed by atoms with Crippen molar-refractivity contribution in [1.29, 1.82) is 0 Å². The molecule has 24 heavy (non-hydrogen) atoms. The molecule has 1 aromatic rings. The van der Waals surface area contributed by atoms with Crippen LogP contribution >= 0.6 is 0 Å². The van der Waals surface area contributed by atoms with E-state index in [0.29, 0.717) is 12.1 Å². The molecule has 0 aliphatic carbocycles. The van der Waals surface area contributed by atoms with Gasteiger partial charge in [-0.25, -0.2) is 0 Å². The highest BCUT2D eigenvalue weighted by Crippen LogP contribution is 2.29. The van der Waals surface area contributed by atoms with Crippen LogP contribution in [0.3, 0.4) is 0 Å². The molecule has 0 radical (unpaired) electrons. The van der Waals surface area contributed by atoms with E-state index in [0.717, 1.165) is 19.6 Å². The highest BCUT2D eigenvalue weighted by atomic mass is 16.6. The number of piperidine rings is 1. The van der Waals surface area contributed by atoms with Crippen LogP contribution in [-0.4, -0.2) is 42.0 Å². The lowest BCUT2D eigenvalue weighted by Crippen LogP contribution is -2.32. The first kappa shape index (κ1) is 17.9. The molecule has 1 aliphatic rings. The zero-order valence-corrected chi connectivity index (χ0v) is 13.7. The van der Waals surface area contributed by atoms with Gasteiger partial charge in [-0.1, -0.05) is 19.1 Å². The van der Waals surface area contributed by atoms with E-state index in [-0.39, 0.29) is 24.0 Å². The van der Waals surface area contributed by atoms with Crippen molar-refractivity contribution in [1.82, 2.24) is 4.90 Å². The van der Waals surface area contributed by atoms with Crippen molar-refractivity contribution < 1.29 is 14.5 Å². The van der Waals surface area contributed by atoms with Gasteiger partial charge in [0.2, 0.25) is 5.91 Å². The number of carbonyl (C=O) groups excluding carboxylic acids is 1. The minimum Gasteiger partial charge on any atom is -0.487 e. The van der Waals surface area contributed by atoms with E-state index in [2.05, 4.69) is 16.8 Å². The molecule has 0 saturated carbocycles. The number of ether oxygens (including phenoxy) is 1. The van der Waals surface area contributed by atoms with Crippen molar-refractivity contribution in [3.63, 3.8) is 0 Å². The maximum absolute atomic E-state index is 12.2. The third kappa shape index (κ3) is 5.34. The second-order valence-electron chi connectivity index (χ2n) is 5.74. The number of nitrogens with zero attached hydrogens (tertiary/aromatic N) is 2. The van der Waals surface area contributed by atoms with Gasteiger partial charge in [-0.15, -0.1) is 0 Å². The molecular weight excluding hydrogens is 310 g/mol. The van der Waals surface area contributed by atoms with Gasteiger partial charge in [0.25, 0.3) is 5.69 Å². The van der Waals surface area contributed by atoms with E-state index < -0.39 is 4.92 Å². The van der Waals surface area contributed by atoms with Crippen LogP contribution in [0.2, 0.25) is 0 Å². The molecule has 1 N–H and O–H groups in total. The first-order valence-electron chi connectivity index (χ1n) is 8.14. The van der Waals surface area contributed by atoms with Crippen LogP contribution in [0.25, 0.3) is 0 Å². The molecule has 1 fully saturated rings. The zero-order chi connectivity index (χ0) is 17.4. The summed E-state index contributed by atoms with van der Waals surface area (Å²) in [5.74, 6) is 0.147. The van der Waals surface area contributed by atoms with Crippen LogP contribution in [0, 0.1) is 10.1 Å². The Balaban J connectivity index is 1.97. The molecule has 1 amide bonds. The third-order valence-electron chi connectivity index (χ3n) is 3.91. The number of nitro groups is 1. The minimum absolute atomic E-state index is 0.0830. The van der Waals surface area contributed by atoms with Crippen molar-refractivity contribution in [2.45, 2.75) is 25.7 Å². The maximum Gasteiger partial charge on any atom is 0.273 e. The summed E-state index contributed by atoms with van der Waals surface area (Å²) in [6.07, 6.45) is 5.56. The number of hydrogen-bond acceptors (Lipinski definition) is 5. The smallest absolute Gasteiger partial charge is 0.273 e. The van der Waals surface area contributed by atoms with E-state index in [1.54, 1.807) is 6.08 Å². The largest absolute Gasteiger partial charge is 0.487 e. The van der Waals surface area contributed by atoms with E-state index in [9.17, 15) is 14.9 Å². The van der Waals surface area contributed by atoms with Crippen LogP contribution in [0.1, 0.15) is 25.7 Å². The molecule has 0 bridgehead atoms. The van der Waals surface area contributed by atoms with Gasteiger partial charge in [0, 0.05) is 19.0 Å². The van der Waals surface area contributed by atoms with Gasteiger partial charge >= 0.3 is 0 Å². The summed E-state index contributed by atoms with van der Waals surface area (Å²) in [7, 11) is 0. The van der Waals surface area contributed by atoms with Gasteiger partial charge in [-0.3, -0.25) is 14.9 Å². The molecule has 2 rings (SSSR count). The lowest BCUT2D eigenvalue weighted by atomic mass is 10.1. The Morgan fingerprint density at radius 3 is 2.79 bits per heavy atom. The molecule has 0 aromatic heterocycles. The molecule has 1 heterocycles. The fraction of sp³-hybridized carbons (Fsp3) is 0.471. The Bertz CT molecular complexity index is 597. The first-order valence-corrected chi connectivity index (χ1v) is 8.14. The number of nitro benzene ring substituents is 1. The molecule has 7 heteroatoms. The Labute approximate surface area is 141 Å². The van der Waals surface area contributed by atoms with E-state index >= 15 is 0 Å². The molecule has 0 unspecified atom stereocenters. The average molecular weight is 333 g/mol. The molecule has 130 valence electrons. The van der Waals surface area contributed by atoms with Gasteiger partial charge < -0.3 is 15.0 Å². The summed E-state index contributed by atoms with van der Waals surface area (Å²) in [4.78, 5) is 24.8. The van der Waals surface area contributed by atoms with E-state index in [4.69, 9.17) is 4.74 Å². The van der Waals surface area contributed by atoms with Gasteiger partial charge in [0.1, 0.15) is 12.4 Å². The Morgan fingerprint density at radius 1 is 1.38 bits per heavy atom. The summed E-state index contributed by atoms with van der Waals surface area (Å²) in [5.41, 5.74) is 0.353. The van der Waals surface area contributed by atoms with Gasteiger partial charge in [0.05, 0.1) is 16.7 Å². The van der Waals surface area contributed by atoms with Gasteiger partial charge in [-0.05, 0) is 32.0 Å². The second-order valence-corrected chi connectivity index (χ2v) is 5.74. The molecule has 1 aromatic carbocycles. The van der Waals surface area contributed by atoms with Gasteiger partial charge in [-0.2, -0.15) is 0 Å². The quantitative estimate of drug-likeness (QED) is 0.449. The van der Waals surface area contributed by atoms with Crippen molar-refractivity contribution in [3.8, 4) is 5.75 Å². The maximum atomic E-state index is 12.2. The Morgan fingerprint density at radius 2 is 2.12 bits per heavy atom. The highest BCUT2D eigenvalue weighted by Gasteiger charge is 2.15. The number of benzene rings is 1. The van der Waals surface area contributed by atoms with Crippen LogP contribution in [0.15, 0.2) is 30.9 Å². The fourth-order valence-electron chi connectivity index (χ4n) is 2.65. The third-order valence-corrected chi connectivity index (χ3v) is 3.91. The normalized spacial score (nSPS) is 14.8. The molecule has 7 nitrogen and oxygen atoms in total. The lowest BCUT2D eigenvalue weighted by molar-refractivity contribution is -0.384. The van der Waals surface area contributed by atoms with Crippen molar-refractivity contribution in [2.24, 2.45) is 0 Å². The number of non-ortho nitro benzene ring substituents is 1. The highest BCUT2D eigenvalue weighted by molar-refractivity contribution is 5.92. The number of carbonyl (C=O) groups is 1. The van der Waals surface area contributed by atoms with Crippen LogP contribution in [0.5, 0.6) is 5.75 Å². The van der Waals surface area contributed by atoms with Gasteiger partial charge in [0.15, 0.2) is 0 Å². The average Bonchev–Trinajstić information content (AvgIpc) is 2.59. The summed E-state index contributed by atoms with van der Waals surface area (Å²) in [5, 5.41) is 13.7. The van der Waals surface area contributed by atoms with E-state index in [1.165, 1.54) is 37.5 Å². The minimum atomic E-state index is -0.497. The predicted octanol–water partition coefficient (Wildman–Crippen LogP) is 2.97. The number of hydrogen-bond donors (Lipinski definition) is 1. The summed E-state index contributed by atoms with van der Waals surface area (Å²) < 4.78 is 5.42. The molecule has 1 aliphatic heterocycles. The van der Waals surface area contributed by atoms with Crippen molar-refractivity contribution in [3.05, 3.63) is 41.0 Å². The SMILES string of the molecule is C=CCOc1cc([N+](=O)[O-])ccc1NC(=O)CCN1CCCCC1. The van der Waals surface area contributed by atoms with Crippen molar-refractivity contribution >= 4 is 17.3 Å². The Kier molecular flexibility index (Phi) is 6.74. The predicted molar refractivity (Wildman–Crippen MR) is 92.3 cm³/mol. The monoisotopic (exact) mass is 333 g/mol. The summed E-state index contributed by atoms with van der Waals surface area (Å²) >= 11 is 0. The summed E-state index contributed by atoms with van der Waals surface area (Å²) in [6.45, 7) is 6.56. The van der Waals surface area contributed by atoms with Crippen molar-refractivity contribution in [2.75, 3.05) is 31.6 Å². The van der Waals surface area contributed by atoms with Crippen LogP contribution in [-0.2, 0) is 4.79 Å². The number of likely N-dealkylation sites (tertiary alicyclic amines) is 1. The topological polar surface area (TPSA) is 84.7 Å². The number of rotatable bonds is 8. The molecule has 1 saturated heterocycles. The molecule has 0 spiro atoms. The summed E-state index contributed by atoms with van der Waals surface area (Å²) in [6, 6.07) is 4.15. The second kappa shape index (κ2) is 9.02. The number of anilines is 1. The Hall–Kier alpha value is -2.41. The fourth-order valence-corrected chi connectivity index (χ4v) is 2.65.